The first kappa shape index (κ1) is 15.9. The van der Waals surface area contributed by atoms with Gasteiger partial charge in [0.25, 0.3) is 0 Å². The van der Waals surface area contributed by atoms with Crippen LogP contribution in [-0.4, -0.2) is 11.2 Å². The summed E-state index contributed by atoms with van der Waals surface area (Å²) >= 11 is 0. The molecule has 0 heterocycles. The van der Waals surface area contributed by atoms with Crippen molar-refractivity contribution in [2.45, 2.75) is 78.2 Å². The smallest absolute Gasteiger partial charge is 0.0577 e. The van der Waals surface area contributed by atoms with Crippen LogP contribution >= 0.6 is 0 Å². The first-order chi connectivity index (χ1) is 10.9. The van der Waals surface area contributed by atoms with Crippen LogP contribution in [0.3, 0.4) is 0 Å². The van der Waals surface area contributed by atoms with Gasteiger partial charge >= 0.3 is 0 Å². The van der Waals surface area contributed by atoms with E-state index in [-0.39, 0.29) is 6.10 Å². The lowest BCUT2D eigenvalue weighted by atomic mass is 9.47. The molecule has 1 nitrogen and oxygen atoms in total. The maximum absolute atomic E-state index is 10.1. The summed E-state index contributed by atoms with van der Waals surface area (Å²) in [6.45, 7) is 11.7. The molecule has 0 spiro atoms. The van der Waals surface area contributed by atoms with Gasteiger partial charge in [0.05, 0.1) is 6.10 Å². The molecule has 3 saturated carbocycles. The second-order valence-electron chi connectivity index (χ2n) is 9.68. The van der Waals surface area contributed by atoms with Crippen LogP contribution in [0.25, 0.3) is 0 Å². The molecule has 5 unspecified atom stereocenters. The number of allylic oxidation sites excluding steroid dienone is 2. The van der Waals surface area contributed by atoms with E-state index in [9.17, 15) is 5.11 Å². The average molecular weight is 315 g/mol. The molecule has 4 aliphatic carbocycles. The van der Waals surface area contributed by atoms with Crippen molar-refractivity contribution in [3.05, 3.63) is 23.8 Å². The first-order valence-corrected chi connectivity index (χ1v) is 9.89. The van der Waals surface area contributed by atoms with Crippen molar-refractivity contribution in [1.29, 1.82) is 0 Å². The van der Waals surface area contributed by atoms with E-state index >= 15 is 0 Å². The van der Waals surface area contributed by atoms with Crippen LogP contribution in [0.15, 0.2) is 23.8 Å². The second-order valence-corrected chi connectivity index (χ2v) is 9.68. The molecule has 0 aliphatic heterocycles. The molecule has 0 saturated heterocycles. The summed E-state index contributed by atoms with van der Waals surface area (Å²) < 4.78 is 0. The zero-order chi connectivity index (χ0) is 16.4. The molecule has 4 rings (SSSR count). The van der Waals surface area contributed by atoms with E-state index in [0.717, 1.165) is 36.5 Å². The predicted octanol–water partition coefficient (Wildman–Crippen LogP) is 5.50. The molecular weight excluding hydrogens is 280 g/mol. The minimum absolute atomic E-state index is 0.0843. The molecule has 1 N–H and O–H groups in total. The Morgan fingerprint density at radius 1 is 1.13 bits per heavy atom. The third-order valence-electron chi connectivity index (χ3n) is 8.67. The minimum Gasteiger partial charge on any atom is -0.393 e. The van der Waals surface area contributed by atoms with Gasteiger partial charge in [-0.3, -0.25) is 0 Å². The summed E-state index contributed by atoms with van der Waals surface area (Å²) in [6, 6.07) is 0. The summed E-state index contributed by atoms with van der Waals surface area (Å²) in [5.41, 5.74) is 3.90. The summed E-state index contributed by atoms with van der Waals surface area (Å²) in [7, 11) is 0. The van der Waals surface area contributed by atoms with Gasteiger partial charge < -0.3 is 5.11 Å². The molecule has 0 bridgehead atoms. The fourth-order valence-corrected chi connectivity index (χ4v) is 7.45. The largest absolute Gasteiger partial charge is 0.393 e. The topological polar surface area (TPSA) is 20.2 Å². The highest BCUT2D eigenvalue weighted by Crippen LogP contribution is 2.66. The van der Waals surface area contributed by atoms with Gasteiger partial charge in [0.2, 0.25) is 0 Å². The Kier molecular flexibility index (Phi) is 3.61. The number of aliphatic hydroxyl groups is 1. The van der Waals surface area contributed by atoms with Gasteiger partial charge in [-0.2, -0.15) is 0 Å². The molecule has 4 aliphatic rings. The SMILES string of the molecule is C=C(C)[C@H]1CCC2C3CC=C4C[C@@H](O)CCC4(C)C3CCC21C. The minimum atomic E-state index is -0.0843. The van der Waals surface area contributed by atoms with E-state index < -0.39 is 0 Å². The van der Waals surface area contributed by atoms with Crippen molar-refractivity contribution in [3.8, 4) is 0 Å². The molecular formula is C22H34O. The highest BCUT2D eigenvalue weighted by atomic mass is 16.3. The molecule has 0 aromatic rings. The fraction of sp³-hybridized carbons (Fsp3) is 0.818. The lowest BCUT2D eigenvalue weighted by Gasteiger charge is -2.58. The van der Waals surface area contributed by atoms with E-state index in [1.165, 1.54) is 44.1 Å². The summed E-state index contributed by atoms with van der Waals surface area (Å²) in [5, 5.41) is 10.1. The number of rotatable bonds is 1. The quantitative estimate of drug-likeness (QED) is 0.633. The van der Waals surface area contributed by atoms with Gasteiger partial charge in [-0.1, -0.05) is 37.6 Å². The summed E-state index contributed by atoms with van der Waals surface area (Å²) in [6.07, 6.45) is 12.4. The zero-order valence-corrected chi connectivity index (χ0v) is 15.3. The van der Waals surface area contributed by atoms with E-state index in [1.54, 1.807) is 5.57 Å². The van der Waals surface area contributed by atoms with Crippen molar-refractivity contribution in [2.75, 3.05) is 0 Å². The Hall–Kier alpha value is -0.560. The Labute approximate surface area is 142 Å². The molecule has 0 radical (unpaired) electrons. The van der Waals surface area contributed by atoms with Crippen LogP contribution in [0.4, 0.5) is 0 Å². The lowest BCUT2D eigenvalue weighted by molar-refractivity contribution is -0.0453. The maximum Gasteiger partial charge on any atom is 0.0577 e. The maximum atomic E-state index is 10.1. The van der Waals surface area contributed by atoms with Crippen molar-refractivity contribution in [2.24, 2.45) is 34.5 Å². The predicted molar refractivity (Wildman–Crippen MR) is 96.0 cm³/mol. The molecule has 23 heavy (non-hydrogen) atoms. The van der Waals surface area contributed by atoms with Crippen LogP contribution in [0.2, 0.25) is 0 Å². The molecule has 3 fully saturated rings. The lowest BCUT2D eigenvalue weighted by Crippen LogP contribution is -2.50. The highest BCUT2D eigenvalue weighted by Gasteiger charge is 2.58. The third kappa shape index (κ3) is 2.15. The number of fused-ring (bicyclic) bond motifs is 5. The highest BCUT2D eigenvalue weighted by molar-refractivity contribution is 5.26. The molecule has 0 aromatic carbocycles. The van der Waals surface area contributed by atoms with E-state index in [1.807, 2.05) is 0 Å². The van der Waals surface area contributed by atoms with Gasteiger partial charge in [-0.05, 0) is 92.8 Å². The van der Waals surface area contributed by atoms with Crippen molar-refractivity contribution >= 4 is 0 Å². The fourth-order valence-electron chi connectivity index (χ4n) is 7.45. The molecule has 0 aromatic heterocycles. The normalized spacial score (nSPS) is 52.2. The third-order valence-corrected chi connectivity index (χ3v) is 8.67. The number of hydrogen-bond donors (Lipinski definition) is 1. The Morgan fingerprint density at radius 3 is 2.65 bits per heavy atom. The summed E-state index contributed by atoms with van der Waals surface area (Å²) in [5.74, 6) is 3.38. The van der Waals surface area contributed by atoms with Crippen molar-refractivity contribution in [3.63, 3.8) is 0 Å². The Bertz CT molecular complexity index is 546. The van der Waals surface area contributed by atoms with Crippen LogP contribution in [-0.2, 0) is 0 Å². The van der Waals surface area contributed by atoms with Crippen molar-refractivity contribution in [1.82, 2.24) is 0 Å². The first-order valence-electron chi connectivity index (χ1n) is 9.89. The van der Waals surface area contributed by atoms with Crippen LogP contribution in [0.5, 0.6) is 0 Å². The van der Waals surface area contributed by atoms with Crippen LogP contribution < -0.4 is 0 Å². The number of hydrogen-bond acceptors (Lipinski definition) is 1. The number of aliphatic hydroxyl groups excluding tert-OH is 1. The average Bonchev–Trinajstić information content (AvgIpc) is 2.85. The van der Waals surface area contributed by atoms with Crippen molar-refractivity contribution < 1.29 is 5.11 Å². The molecule has 0 amide bonds. The van der Waals surface area contributed by atoms with Gasteiger partial charge in [0.1, 0.15) is 0 Å². The Morgan fingerprint density at radius 2 is 1.91 bits per heavy atom. The van der Waals surface area contributed by atoms with Gasteiger partial charge in [-0.15, -0.1) is 0 Å². The van der Waals surface area contributed by atoms with E-state index in [4.69, 9.17) is 0 Å². The zero-order valence-electron chi connectivity index (χ0n) is 15.3. The van der Waals surface area contributed by atoms with E-state index in [0.29, 0.717) is 10.8 Å². The summed E-state index contributed by atoms with van der Waals surface area (Å²) in [4.78, 5) is 0. The van der Waals surface area contributed by atoms with Crippen LogP contribution in [0, 0.1) is 34.5 Å². The molecule has 1 heteroatoms. The molecule has 7 atom stereocenters. The van der Waals surface area contributed by atoms with Gasteiger partial charge in [0, 0.05) is 0 Å². The Balaban J connectivity index is 1.66. The van der Waals surface area contributed by atoms with Gasteiger partial charge in [0.15, 0.2) is 0 Å². The standard InChI is InChI=1S/C22H34O/c1-14(2)18-7-8-19-17-6-5-15-13-16(23)9-11-21(15,3)20(17)10-12-22(18,19)4/h5,16-20,23H,1,6-13H2,2-4H3/t16-,17?,18+,19?,20?,21?,22?/m0/s1. The van der Waals surface area contributed by atoms with Gasteiger partial charge in [-0.25, -0.2) is 0 Å². The van der Waals surface area contributed by atoms with Crippen LogP contribution in [0.1, 0.15) is 72.1 Å². The monoisotopic (exact) mass is 314 g/mol. The van der Waals surface area contributed by atoms with E-state index in [2.05, 4.69) is 33.4 Å². The second kappa shape index (κ2) is 5.22. The molecule has 128 valence electrons.